The number of ether oxygens (including phenoxy) is 1. The van der Waals surface area contributed by atoms with E-state index in [1.54, 1.807) is 12.5 Å². The number of rotatable bonds is 4. The maximum absolute atomic E-state index is 5.70. The lowest BCUT2D eigenvalue weighted by Crippen LogP contribution is -2.07. The van der Waals surface area contributed by atoms with Crippen LogP contribution in [-0.4, -0.2) is 4.98 Å². The van der Waals surface area contributed by atoms with E-state index in [-0.39, 0.29) is 6.04 Å². The molecular weight excluding hydrogens is 204 g/mol. The Morgan fingerprint density at radius 2 is 2.31 bits per heavy atom. The Bertz CT molecular complexity index is 421. The van der Waals surface area contributed by atoms with E-state index in [2.05, 4.69) is 4.98 Å². The van der Waals surface area contributed by atoms with Crippen LogP contribution in [0.15, 0.2) is 41.1 Å². The average Bonchev–Trinajstić information content (AvgIpc) is 2.80. The first-order valence-corrected chi connectivity index (χ1v) is 5.12. The number of hydrogen-bond acceptors (Lipinski definition) is 4. The highest BCUT2D eigenvalue weighted by molar-refractivity contribution is 5.21. The van der Waals surface area contributed by atoms with Crippen molar-refractivity contribution < 1.29 is 9.15 Å². The molecule has 0 aliphatic heterocycles. The lowest BCUT2D eigenvalue weighted by Gasteiger charge is -2.06. The molecule has 0 amide bonds. The van der Waals surface area contributed by atoms with E-state index in [1.807, 2.05) is 31.2 Å². The molecule has 1 atom stereocenters. The third-order valence-electron chi connectivity index (χ3n) is 2.19. The van der Waals surface area contributed by atoms with Crippen molar-refractivity contribution in [1.82, 2.24) is 4.98 Å². The summed E-state index contributed by atoms with van der Waals surface area (Å²) in [5.74, 6) is 1.50. The van der Waals surface area contributed by atoms with Crippen LogP contribution < -0.4 is 10.5 Å². The summed E-state index contributed by atoms with van der Waals surface area (Å²) in [5, 5.41) is 0. The number of hydrogen-bond donors (Lipinski definition) is 1. The zero-order valence-corrected chi connectivity index (χ0v) is 9.09. The molecule has 2 aromatic rings. The van der Waals surface area contributed by atoms with Crippen LogP contribution in [0.4, 0.5) is 0 Å². The topological polar surface area (TPSA) is 61.3 Å². The standard InChI is InChI=1S/C12H14N2O2/c1-9(13)12-5-4-10(7-14-12)16-8-11-3-2-6-15-11/h2-7,9H,8,13H2,1H3. The molecule has 16 heavy (non-hydrogen) atoms. The summed E-state index contributed by atoms with van der Waals surface area (Å²) in [6.07, 6.45) is 3.29. The highest BCUT2D eigenvalue weighted by Crippen LogP contribution is 2.14. The van der Waals surface area contributed by atoms with Crippen molar-refractivity contribution in [3.8, 4) is 5.75 Å². The van der Waals surface area contributed by atoms with Gasteiger partial charge >= 0.3 is 0 Å². The lowest BCUT2D eigenvalue weighted by atomic mass is 10.2. The van der Waals surface area contributed by atoms with Crippen molar-refractivity contribution in [3.05, 3.63) is 48.2 Å². The fourth-order valence-corrected chi connectivity index (χ4v) is 1.30. The first kappa shape index (κ1) is 10.7. The van der Waals surface area contributed by atoms with Gasteiger partial charge in [-0.1, -0.05) is 0 Å². The van der Waals surface area contributed by atoms with Crippen LogP contribution in [-0.2, 0) is 6.61 Å². The lowest BCUT2D eigenvalue weighted by molar-refractivity contribution is 0.269. The Morgan fingerprint density at radius 1 is 1.44 bits per heavy atom. The van der Waals surface area contributed by atoms with Crippen molar-refractivity contribution in [2.45, 2.75) is 19.6 Å². The molecule has 0 aliphatic carbocycles. The number of furan rings is 1. The van der Waals surface area contributed by atoms with Crippen molar-refractivity contribution in [3.63, 3.8) is 0 Å². The third-order valence-corrected chi connectivity index (χ3v) is 2.19. The molecule has 0 aliphatic rings. The van der Waals surface area contributed by atoms with Gasteiger partial charge in [0.2, 0.25) is 0 Å². The Balaban J connectivity index is 1.95. The van der Waals surface area contributed by atoms with E-state index in [1.165, 1.54) is 0 Å². The molecule has 2 rings (SSSR count). The minimum atomic E-state index is -0.0564. The fraction of sp³-hybridized carbons (Fsp3) is 0.250. The summed E-state index contributed by atoms with van der Waals surface area (Å²) >= 11 is 0. The Kier molecular flexibility index (Phi) is 3.22. The van der Waals surface area contributed by atoms with Crippen LogP contribution in [0.1, 0.15) is 24.4 Å². The van der Waals surface area contributed by atoms with Gasteiger partial charge in [0.15, 0.2) is 0 Å². The molecule has 0 saturated heterocycles. The molecular formula is C12H14N2O2. The van der Waals surface area contributed by atoms with Gasteiger partial charge in [-0.05, 0) is 31.2 Å². The molecule has 1 unspecified atom stereocenters. The minimum Gasteiger partial charge on any atom is -0.484 e. The fourth-order valence-electron chi connectivity index (χ4n) is 1.30. The van der Waals surface area contributed by atoms with Crippen molar-refractivity contribution in [2.24, 2.45) is 5.73 Å². The van der Waals surface area contributed by atoms with Gasteiger partial charge in [0, 0.05) is 6.04 Å². The van der Waals surface area contributed by atoms with Crippen LogP contribution in [0, 0.1) is 0 Å². The molecule has 0 fully saturated rings. The quantitative estimate of drug-likeness (QED) is 0.855. The Labute approximate surface area is 94.1 Å². The van der Waals surface area contributed by atoms with Gasteiger partial charge in [-0.2, -0.15) is 0 Å². The van der Waals surface area contributed by atoms with E-state index < -0.39 is 0 Å². The molecule has 4 nitrogen and oxygen atoms in total. The number of nitrogens with two attached hydrogens (primary N) is 1. The zero-order valence-electron chi connectivity index (χ0n) is 9.09. The van der Waals surface area contributed by atoms with Crippen LogP contribution in [0.5, 0.6) is 5.75 Å². The van der Waals surface area contributed by atoms with Gasteiger partial charge in [-0.15, -0.1) is 0 Å². The molecule has 0 spiro atoms. The smallest absolute Gasteiger partial charge is 0.146 e. The van der Waals surface area contributed by atoms with Crippen molar-refractivity contribution >= 4 is 0 Å². The largest absolute Gasteiger partial charge is 0.484 e. The number of pyridine rings is 1. The van der Waals surface area contributed by atoms with Crippen LogP contribution in [0.25, 0.3) is 0 Å². The van der Waals surface area contributed by atoms with E-state index >= 15 is 0 Å². The molecule has 0 aromatic carbocycles. The molecule has 0 saturated carbocycles. The number of aromatic nitrogens is 1. The van der Waals surface area contributed by atoms with Gasteiger partial charge < -0.3 is 14.9 Å². The van der Waals surface area contributed by atoms with Gasteiger partial charge in [0.05, 0.1) is 18.2 Å². The molecule has 4 heteroatoms. The van der Waals surface area contributed by atoms with Crippen LogP contribution in [0.3, 0.4) is 0 Å². The first-order valence-electron chi connectivity index (χ1n) is 5.12. The van der Waals surface area contributed by atoms with Gasteiger partial charge in [0.25, 0.3) is 0 Å². The monoisotopic (exact) mass is 218 g/mol. The maximum Gasteiger partial charge on any atom is 0.146 e. The molecule has 2 aromatic heterocycles. The third kappa shape index (κ3) is 2.61. The minimum absolute atomic E-state index is 0.0564. The normalized spacial score (nSPS) is 12.4. The van der Waals surface area contributed by atoms with E-state index in [9.17, 15) is 0 Å². The Hall–Kier alpha value is -1.81. The second kappa shape index (κ2) is 4.81. The zero-order chi connectivity index (χ0) is 11.4. The highest BCUT2D eigenvalue weighted by atomic mass is 16.5. The molecule has 84 valence electrons. The number of nitrogens with zero attached hydrogens (tertiary/aromatic N) is 1. The SMILES string of the molecule is CC(N)c1ccc(OCc2ccco2)cn1. The predicted molar refractivity (Wildman–Crippen MR) is 59.9 cm³/mol. The summed E-state index contributed by atoms with van der Waals surface area (Å²) in [6, 6.07) is 7.36. The molecule has 2 heterocycles. The molecule has 0 bridgehead atoms. The highest BCUT2D eigenvalue weighted by Gasteiger charge is 2.02. The van der Waals surface area contributed by atoms with Crippen molar-refractivity contribution in [2.75, 3.05) is 0 Å². The first-order chi connectivity index (χ1) is 7.75. The second-order valence-corrected chi connectivity index (χ2v) is 3.58. The van der Waals surface area contributed by atoms with E-state index in [0.29, 0.717) is 12.4 Å². The Morgan fingerprint density at radius 3 is 2.88 bits per heavy atom. The van der Waals surface area contributed by atoms with Gasteiger partial charge in [-0.25, -0.2) is 0 Å². The van der Waals surface area contributed by atoms with Crippen LogP contribution in [0.2, 0.25) is 0 Å². The molecule has 2 N–H and O–H groups in total. The maximum atomic E-state index is 5.70. The summed E-state index contributed by atoms with van der Waals surface area (Å²) in [7, 11) is 0. The van der Waals surface area contributed by atoms with Crippen LogP contribution >= 0.6 is 0 Å². The summed E-state index contributed by atoms with van der Waals surface area (Å²) in [5.41, 5.74) is 6.55. The predicted octanol–water partition coefficient (Wildman–Crippen LogP) is 2.27. The summed E-state index contributed by atoms with van der Waals surface area (Å²) in [6.45, 7) is 2.30. The molecule has 0 radical (unpaired) electrons. The van der Waals surface area contributed by atoms with E-state index in [4.69, 9.17) is 14.9 Å². The summed E-state index contributed by atoms with van der Waals surface area (Å²) in [4.78, 5) is 4.20. The van der Waals surface area contributed by atoms with Gasteiger partial charge in [-0.3, -0.25) is 4.98 Å². The summed E-state index contributed by atoms with van der Waals surface area (Å²) < 4.78 is 10.6. The van der Waals surface area contributed by atoms with Crippen molar-refractivity contribution in [1.29, 1.82) is 0 Å². The van der Waals surface area contributed by atoms with Gasteiger partial charge in [0.1, 0.15) is 18.1 Å². The van der Waals surface area contributed by atoms with E-state index in [0.717, 1.165) is 11.5 Å². The second-order valence-electron chi connectivity index (χ2n) is 3.58. The average molecular weight is 218 g/mol.